The lowest BCUT2D eigenvalue weighted by Gasteiger charge is -2.10. The third kappa shape index (κ3) is 2.60. The van der Waals surface area contributed by atoms with Crippen LogP contribution in [0.3, 0.4) is 0 Å². The highest BCUT2D eigenvalue weighted by Gasteiger charge is 2.24. The number of sulfonamides is 1. The maximum Gasteiger partial charge on any atom is 0.267 e. The van der Waals surface area contributed by atoms with E-state index in [0.29, 0.717) is 0 Å². The van der Waals surface area contributed by atoms with Crippen LogP contribution in [0.5, 0.6) is 0 Å². The van der Waals surface area contributed by atoms with Crippen molar-refractivity contribution >= 4 is 15.7 Å². The molecule has 2 rings (SSSR count). The summed E-state index contributed by atoms with van der Waals surface area (Å²) in [4.78, 5) is -1.08. The van der Waals surface area contributed by atoms with Crippen molar-refractivity contribution < 1.29 is 17.2 Å². The third-order valence-corrected chi connectivity index (χ3v) is 3.90. The van der Waals surface area contributed by atoms with Gasteiger partial charge >= 0.3 is 0 Å². The van der Waals surface area contributed by atoms with Gasteiger partial charge in [0, 0.05) is 0 Å². The minimum Gasteiger partial charge on any atom is -0.278 e. The Hall–Kier alpha value is -2.46. The first-order valence-electron chi connectivity index (χ1n) is 5.41. The fraction of sp³-hybridized carbons (Fsp3) is 0. The molecule has 4 nitrogen and oxygen atoms in total. The molecule has 0 aliphatic carbocycles. The van der Waals surface area contributed by atoms with E-state index in [1.54, 1.807) is 12.1 Å². The Balaban J connectivity index is 2.50. The van der Waals surface area contributed by atoms with Crippen LogP contribution in [0.1, 0.15) is 5.56 Å². The topological polar surface area (TPSA) is 70.0 Å². The Labute approximate surface area is 114 Å². The van der Waals surface area contributed by atoms with E-state index in [1.165, 1.54) is 18.2 Å². The second kappa shape index (κ2) is 5.27. The summed E-state index contributed by atoms with van der Waals surface area (Å²) in [5.74, 6) is -2.40. The van der Waals surface area contributed by atoms with Crippen LogP contribution in [0.25, 0.3) is 0 Å². The zero-order valence-electron chi connectivity index (χ0n) is 9.97. The van der Waals surface area contributed by atoms with Gasteiger partial charge in [0.05, 0.1) is 11.3 Å². The molecule has 0 saturated carbocycles. The summed E-state index contributed by atoms with van der Waals surface area (Å²) >= 11 is 0. The molecule has 2 aromatic carbocycles. The standard InChI is InChI=1S/C13H8F2N2O2S/c14-10-5-3-6-11(15)13(10)20(18,19)17-12-7-2-1-4-9(12)8-16/h1-7,17H. The summed E-state index contributed by atoms with van der Waals surface area (Å²) in [5, 5.41) is 8.86. The van der Waals surface area contributed by atoms with Gasteiger partial charge in [0.2, 0.25) is 0 Å². The lowest BCUT2D eigenvalue weighted by molar-refractivity contribution is 0.521. The smallest absolute Gasteiger partial charge is 0.267 e. The van der Waals surface area contributed by atoms with Crippen molar-refractivity contribution in [2.45, 2.75) is 4.90 Å². The summed E-state index contributed by atoms with van der Waals surface area (Å²) < 4.78 is 53.0. The molecule has 0 bridgehead atoms. The highest BCUT2D eigenvalue weighted by atomic mass is 32.2. The number of hydrogen-bond acceptors (Lipinski definition) is 3. The van der Waals surface area contributed by atoms with Crippen molar-refractivity contribution in [2.24, 2.45) is 0 Å². The summed E-state index contributed by atoms with van der Waals surface area (Å²) in [6.45, 7) is 0. The van der Waals surface area contributed by atoms with E-state index >= 15 is 0 Å². The molecule has 7 heteroatoms. The lowest BCUT2D eigenvalue weighted by Crippen LogP contribution is -2.17. The SMILES string of the molecule is N#Cc1ccccc1NS(=O)(=O)c1c(F)cccc1F. The van der Waals surface area contributed by atoms with Crippen LogP contribution >= 0.6 is 0 Å². The number of hydrogen-bond donors (Lipinski definition) is 1. The second-order valence-corrected chi connectivity index (χ2v) is 5.43. The number of para-hydroxylation sites is 1. The van der Waals surface area contributed by atoms with E-state index in [-0.39, 0.29) is 11.3 Å². The number of rotatable bonds is 3. The Kier molecular flexibility index (Phi) is 3.68. The molecule has 0 fully saturated rings. The van der Waals surface area contributed by atoms with Crippen LogP contribution in [0.2, 0.25) is 0 Å². The molecule has 1 N–H and O–H groups in total. The molecule has 0 amide bonds. The molecule has 0 saturated heterocycles. The van der Waals surface area contributed by atoms with Crippen molar-refractivity contribution in [3.05, 3.63) is 59.7 Å². The van der Waals surface area contributed by atoms with Gasteiger partial charge in [-0.25, -0.2) is 17.2 Å². The summed E-state index contributed by atoms with van der Waals surface area (Å²) in [6, 6.07) is 10.3. The summed E-state index contributed by atoms with van der Waals surface area (Å²) in [7, 11) is -4.46. The van der Waals surface area contributed by atoms with Crippen LogP contribution in [0, 0.1) is 23.0 Å². The predicted octanol–water partition coefficient (Wildman–Crippen LogP) is 2.64. The number of halogens is 2. The van der Waals surface area contributed by atoms with E-state index in [2.05, 4.69) is 0 Å². The van der Waals surface area contributed by atoms with Gasteiger partial charge in [-0.3, -0.25) is 4.72 Å². The lowest BCUT2D eigenvalue weighted by atomic mass is 10.2. The fourth-order valence-electron chi connectivity index (χ4n) is 1.60. The molecule has 102 valence electrons. The molecule has 2 aromatic rings. The van der Waals surface area contributed by atoms with Gasteiger partial charge in [-0.15, -0.1) is 0 Å². The van der Waals surface area contributed by atoms with Gasteiger partial charge in [-0.05, 0) is 24.3 Å². The van der Waals surface area contributed by atoms with Crippen LogP contribution < -0.4 is 4.72 Å². The number of nitrogens with one attached hydrogen (secondary N) is 1. The van der Waals surface area contributed by atoms with E-state index in [1.807, 2.05) is 4.72 Å². The first-order chi connectivity index (χ1) is 9.45. The second-order valence-electron chi connectivity index (χ2n) is 3.81. The van der Waals surface area contributed by atoms with E-state index in [9.17, 15) is 17.2 Å². The van der Waals surface area contributed by atoms with Crippen molar-refractivity contribution in [1.82, 2.24) is 0 Å². The molecule has 20 heavy (non-hydrogen) atoms. The maximum atomic E-state index is 13.5. The largest absolute Gasteiger partial charge is 0.278 e. The summed E-state index contributed by atoms with van der Waals surface area (Å²) in [5.41, 5.74) is 0.00507. The van der Waals surface area contributed by atoms with Crippen LogP contribution in [-0.4, -0.2) is 8.42 Å². The number of nitriles is 1. The summed E-state index contributed by atoms with van der Waals surface area (Å²) in [6.07, 6.45) is 0. The van der Waals surface area contributed by atoms with Crippen molar-refractivity contribution in [1.29, 1.82) is 5.26 Å². The van der Waals surface area contributed by atoms with Crippen LogP contribution in [0.15, 0.2) is 47.4 Å². The fourth-order valence-corrected chi connectivity index (χ4v) is 2.82. The number of anilines is 1. The highest BCUT2D eigenvalue weighted by Crippen LogP contribution is 2.23. The first kappa shape index (κ1) is 14.0. The molecule has 0 atom stereocenters. The van der Waals surface area contributed by atoms with Crippen molar-refractivity contribution in [3.63, 3.8) is 0 Å². The third-order valence-electron chi connectivity index (χ3n) is 2.48. The van der Waals surface area contributed by atoms with Gasteiger partial charge in [-0.2, -0.15) is 5.26 Å². The Morgan fingerprint density at radius 2 is 1.60 bits per heavy atom. The molecular weight excluding hydrogens is 286 g/mol. The molecule has 0 unspecified atom stereocenters. The van der Waals surface area contributed by atoms with E-state index in [0.717, 1.165) is 18.2 Å². The zero-order chi connectivity index (χ0) is 14.8. The molecular formula is C13H8F2N2O2S. The van der Waals surface area contributed by atoms with E-state index < -0.39 is 26.6 Å². The Morgan fingerprint density at radius 1 is 1.00 bits per heavy atom. The zero-order valence-corrected chi connectivity index (χ0v) is 10.8. The van der Waals surface area contributed by atoms with Crippen molar-refractivity contribution in [3.8, 4) is 6.07 Å². The Bertz CT molecular complexity index is 778. The molecule has 0 aliphatic heterocycles. The van der Waals surface area contributed by atoms with Crippen LogP contribution in [0.4, 0.5) is 14.5 Å². The molecule has 0 heterocycles. The molecule has 0 spiro atoms. The number of nitrogens with zero attached hydrogens (tertiary/aromatic N) is 1. The predicted molar refractivity (Wildman–Crippen MR) is 68.3 cm³/mol. The highest BCUT2D eigenvalue weighted by molar-refractivity contribution is 7.92. The number of benzene rings is 2. The van der Waals surface area contributed by atoms with Gasteiger partial charge in [0.1, 0.15) is 17.7 Å². The Morgan fingerprint density at radius 3 is 2.20 bits per heavy atom. The van der Waals surface area contributed by atoms with Crippen LogP contribution in [-0.2, 0) is 10.0 Å². The molecule has 0 radical (unpaired) electrons. The molecule has 0 aliphatic rings. The quantitative estimate of drug-likeness (QED) is 0.946. The first-order valence-corrected chi connectivity index (χ1v) is 6.90. The minimum absolute atomic E-state index is 0.0438. The average Bonchev–Trinajstić information content (AvgIpc) is 2.38. The van der Waals surface area contributed by atoms with Gasteiger partial charge in [-0.1, -0.05) is 18.2 Å². The van der Waals surface area contributed by atoms with E-state index in [4.69, 9.17) is 5.26 Å². The average molecular weight is 294 g/mol. The molecule has 0 aromatic heterocycles. The van der Waals surface area contributed by atoms with Gasteiger partial charge < -0.3 is 0 Å². The maximum absolute atomic E-state index is 13.5. The minimum atomic E-state index is -4.46. The monoisotopic (exact) mass is 294 g/mol. The van der Waals surface area contributed by atoms with Gasteiger partial charge in [0.15, 0.2) is 4.90 Å². The van der Waals surface area contributed by atoms with Crippen molar-refractivity contribution in [2.75, 3.05) is 4.72 Å². The normalized spacial score (nSPS) is 10.8. The van der Waals surface area contributed by atoms with Gasteiger partial charge in [0.25, 0.3) is 10.0 Å².